The zero-order valence-corrected chi connectivity index (χ0v) is 10.6. The van der Waals surface area contributed by atoms with E-state index in [9.17, 15) is 0 Å². The van der Waals surface area contributed by atoms with E-state index in [1.54, 1.807) is 7.11 Å². The minimum atomic E-state index is -0.174. The lowest BCUT2D eigenvalue weighted by molar-refractivity contribution is -0.0159. The molecule has 2 rings (SSSR count). The van der Waals surface area contributed by atoms with Crippen LogP contribution >= 0.6 is 0 Å². The van der Waals surface area contributed by atoms with Gasteiger partial charge in [0.25, 0.3) is 0 Å². The monoisotopic (exact) mass is 246 g/mol. The van der Waals surface area contributed by atoms with Gasteiger partial charge in [-0.1, -0.05) is 12.1 Å². The fraction of sp³-hybridized carbons (Fsp3) is 0.500. The van der Waals surface area contributed by atoms with Crippen LogP contribution in [-0.4, -0.2) is 32.5 Å². The molecule has 1 unspecified atom stereocenters. The molecule has 0 saturated carbocycles. The SMILES string of the molecule is COC1(CNCc2ccc(C#N)cc2)CCOC1. The van der Waals surface area contributed by atoms with Crippen LogP contribution in [0.1, 0.15) is 17.5 Å². The lowest BCUT2D eigenvalue weighted by Gasteiger charge is -2.26. The number of nitrogens with zero attached hydrogens (tertiary/aromatic N) is 1. The van der Waals surface area contributed by atoms with Gasteiger partial charge in [0.1, 0.15) is 5.60 Å². The summed E-state index contributed by atoms with van der Waals surface area (Å²) in [6.07, 6.45) is 0.934. The Morgan fingerprint density at radius 1 is 1.44 bits per heavy atom. The van der Waals surface area contributed by atoms with Crippen molar-refractivity contribution < 1.29 is 9.47 Å². The molecule has 0 amide bonds. The van der Waals surface area contributed by atoms with E-state index >= 15 is 0 Å². The summed E-state index contributed by atoms with van der Waals surface area (Å²) in [5.41, 5.74) is 1.68. The summed E-state index contributed by atoms with van der Waals surface area (Å²) in [7, 11) is 1.73. The Labute approximate surface area is 108 Å². The van der Waals surface area contributed by atoms with Crippen LogP contribution in [0.15, 0.2) is 24.3 Å². The molecule has 0 spiro atoms. The molecule has 1 saturated heterocycles. The van der Waals surface area contributed by atoms with Gasteiger partial charge in [0.2, 0.25) is 0 Å². The lowest BCUT2D eigenvalue weighted by atomic mass is 10.0. The number of nitrogens with one attached hydrogen (secondary N) is 1. The highest BCUT2D eigenvalue weighted by molar-refractivity contribution is 5.31. The van der Waals surface area contributed by atoms with E-state index in [0.29, 0.717) is 12.2 Å². The van der Waals surface area contributed by atoms with Gasteiger partial charge in [-0.25, -0.2) is 0 Å². The van der Waals surface area contributed by atoms with Gasteiger partial charge in [-0.2, -0.15) is 5.26 Å². The molecule has 1 heterocycles. The molecule has 1 aliphatic heterocycles. The van der Waals surface area contributed by atoms with Gasteiger partial charge in [-0.05, 0) is 17.7 Å². The minimum Gasteiger partial charge on any atom is -0.378 e. The van der Waals surface area contributed by atoms with Crippen molar-refractivity contribution in [3.63, 3.8) is 0 Å². The summed E-state index contributed by atoms with van der Waals surface area (Å²) in [6, 6.07) is 9.72. The summed E-state index contributed by atoms with van der Waals surface area (Å²) < 4.78 is 10.9. The Balaban J connectivity index is 1.82. The average molecular weight is 246 g/mol. The number of rotatable bonds is 5. The molecular weight excluding hydrogens is 228 g/mol. The number of ether oxygens (including phenoxy) is 2. The summed E-state index contributed by atoms with van der Waals surface area (Å²) in [4.78, 5) is 0. The molecule has 96 valence electrons. The van der Waals surface area contributed by atoms with Crippen LogP contribution in [0, 0.1) is 11.3 Å². The molecule has 0 aliphatic carbocycles. The number of methoxy groups -OCH3 is 1. The van der Waals surface area contributed by atoms with Gasteiger partial charge in [0.15, 0.2) is 0 Å². The molecule has 4 nitrogen and oxygen atoms in total. The van der Waals surface area contributed by atoms with Crippen molar-refractivity contribution in [1.82, 2.24) is 5.32 Å². The van der Waals surface area contributed by atoms with Crippen molar-refractivity contribution >= 4 is 0 Å². The molecule has 0 aromatic heterocycles. The van der Waals surface area contributed by atoms with Gasteiger partial charge in [-0.15, -0.1) is 0 Å². The second-order valence-corrected chi connectivity index (χ2v) is 4.60. The first-order valence-electron chi connectivity index (χ1n) is 6.11. The Morgan fingerprint density at radius 3 is 2.78 bits per heavy atom. The van der Waals surface area contributed by atoms with Crippen molar-refractivity contribution in [2.45, 2.75) is 18.6 Å². The first-order valence-corrected chi connectivity index (χ1v) is 6.11. The number of nitriles is 1. The normalized spacial score (nSPS) is 22.9. The number of hydrogen-bond donors (Lipinski definition) is 1. The molecule has 18 heavy (non-hydrogen) atoms. The highest BCUT2D eigenvalue weighted by Gasteiger charge is 2.34. The van der Waals surface area contributed by atoms with Crippen molar-refractivity contribution in [2.75, 3.05) is 26.9 Å². The van der Waals surface area contributed by atoms with Crippen LogP contribution in [0.4, 0.5) is 0 Å². The van der Waals surface area contributed by atoms with E-state index in [2.05, 4.69) is 11.4 Å². The molecule has 1 aromatic carbocycles. The Kier molecular flexibility index (Phi) is 4.32. The summed E-state index contributed by atoms with van der Waals surface area (Å²) in [5, 5.41) is 12.1. The van der Waals surface area contributed by atoms with E-state index in [-0.39, 0.29) is 5.60 Å². The van der Waals surface area contributed by atoms with Crippen LogP contribution in [0.3, 0.4) is 0 Å². The summed E-state index contributed by atoms with van der Waals surface area (Å²) in [5.74, 6) is 0. The first kappa shape index (κ1) is 13.0. The fourth-order valence-corrected chi connectivity index (χ4v) is 2.09. The van der Waals surface area contributed by atoms with Crippen LogP contribution in [-0.2, 0) is 16.0 Å². The van der Waals surface area contributed by atoms with Crippen LogP contribution in [0.5, 0.6) is 0 Å². The summed E-state index contributed by atoms with van der Waals surface area (Å²) in [6.45, 7) is 2.98. The maximum absolute atomic E-state index is 8.72. The third-order valence-corrected chi connectivity index (χ3v) is 3.36. The molecular formula is C14H18N2O2. The van der Waals surface area contributed by atoms with Crippen molar-refractivity contribution in [3.05, 3.63) is 35.4 Å². The van der Waals surface area contributed by atoms with Crippen molar-refractivity contribution in [3.8, 4) is 6.07 Å². The number of benzene rings is 1. The minimum absolute atomic E-state index is 0.174. The third-order valence-electron chi connectivity index (χ3n) is 3.36. The quantitative estimate of drug-likeness (QED) is 0.854. The highest BCUT2D eigenvalue weighted by atomic mass is 16.5. The maximum Gasteiger partial charge on any atom is 0.106 e. The van der Waals surface area contributed by atoms with Gasteiger partial charge in [-0.3, -0.25) is 0 Å². The second-order valence-electron chi connectivity index (χ2n) is 4.60. The summed E-state index contributed by atoms with van der Waals surface area (Å²) >= 11 is 0. The lowest BCUT2D eigenvalue weighted by Crippen LogP contribution is -2.42. The largest absolute Gasteiger partial charge is 0.378 e. The molecule has 1 aromatic rings. The van der Waals surface area contributed by atoms with E-state index < -0.39 is 0 Å². The van der Waals surface area contributed by atoms with Gasteiger partial charge in [0.05, 0.1) is 18.2 Å². The smallest absolute Gasteiger partial charge is 0.106 e. The third kappa shape index (κ3) is 3.08. The average Bonchev–Trinajstić information content (AvgIpc) is 2.89. The zero-order valence-electron chi connectivity index (χ0n) is 10.6. The van der Waals surface area contributed by atoms with Crippen LogP contribution in [0.2, 0.25) is 0 Å². The standard InChI is InChI=1S/C14H18N2O2/c1-17-14(6-7-18-11-14)10-16-9-13-4-2-12(8-15)3-5-13/h2-5,16H,6-7,9-11H2,1H3. The highest BCUT2D eigenvalue weighted by Crippen LogP contribution is 2.21. The molecule has 1 aliphatic rings. The predicted octanol–water partition coefficient (Wildman–Crippen LogP) is 1.45. The van der Waals surface area contributed by atoms with Gasteiger partial charge in [0, 0.05) is 33.2 Å². The first-order chi connectivity index (χ1) is 8.78. The number of hydrogen-bond acceptors (Lipinski definition) is 4. The van der Waals surface area contributed by atoms with Gasteiger partial charge >= 0.3 is 0 Å². The van der Waals surface area contributed by atoms with E-state index in [1.807, 2.05) is 24.3 Å². The van der Waals surface area contributed by atoms with Crippen LogP contribution in [0.25, 0.3) is 0 Å². The zero-order chi connectivity index (χ0) is 12.8. The van der Waals surface area contributed by atoms with Crippen molar-refractivity contribution in [1.29, 1.82) is 5.26 Å². The van der Waals surface area contributed by atoms with Crippen molar-refractivity contribution in [2.24, 2.45) is 0 Å². The molecule has 1 N–H and O–H groups in total. The molecule has 0 radical (unpaired) electrons. The molecule has 1 fully saturated rings. The maximum atomic E-state index is 8.72. The fourth-order valence-electron chi connectivity index (χ4n) is 2.09. The van der Waals surface area contributed by atoms with E-state index in [0.717, 1.165) is 26.1 Å². The molecule has 1 atom stereocenters. The van der Waals surface area contributed by atoms with Gasteiger partial charge < -0.3 is 14.8 Å². The topological polar surface area (TPSA) is 54.3 Å². The predicted molar refractivity (Wildman–Crippen MR) is 68.0 cm³/mol. The Hall–Kier alpha value is -1.41. The Bertz CT molecular complexity index is 416. The molecule has 0 bridgehead atoms. The van der Waals surface area contributed by atoms with E-state index in [1.165, 1.54) is 5.56 Å². The van der Waals surface area contributed by atoms with E-state index in [4.69, 9.17) is 14.7 Å². The Morgan fingerprint density at radius 2 is 2.22 bits per heavy atom. The molecule has 4 heteroatoms. The second kappa shape index (κ2) is 5.96. The van der Waals surface area contributed by atoms with Crippen LogP contribution < -0.4 is 5.32 Å².